The molecule has 2 aromatic carbocycles. The Balaban J connectivity index is 2.17. The van der Waals surface area contributed by atoms with Crippen molar-refractivity contribution in [3.8, 4) is 11.5 Å². The number of nitrogens with zero attached hydrogens (tertiary/aromatic N) is 1. The lowest BCUT2D eigenvalue weighted by atomic mass is 10.3. The van der Waals surface area contributed by atoms with Gasteiger partial charge in [0, 0.05) is 30.9 Å². The first-order valence-electron chi connectivity index (χ1n) is 8.22. The summed E-state index contributed by atoms with van der Waals surface area (Å²) in [5, 5.41) is 3.33. The van der Waals surface area contributed by atoms with Crippen molar-refractivity contribution in [2.24, 2.45) is 0 Å². The quantitative estimate of drug-likeness (QED) is 0.668. The van der Waals surface area contributed by atoms with Gasteiger partial charge in [-0.2, -0.15) is 0 Å². The van der Waals surface area contributed by atoms with E-state index in [9.17, 15) is 13.2 Å². The Kier molecular flexibility index (Phi) is 7.54. The second-order valence-electron chi connectivity index (χ2n) is 5.79. The molecule has 2 aromatic rings. The third-order valence-electron chi connectivity index (χ3n) is 3.54. The molecule has 0 heterocycles. The van der Waals surface area contributed by atoms with Crippen LogP contribution in [0, 0.1) is 0 Å². The van der Waals surface area contributed by atoms with Crippen molar-refractivity contribution in [1.29, 1.82) is 0 Å². The van der Waals surface area contributed by atoms with Crippen LogP contribution in [0.25, 0.3) is 0 Å². The lowest BCUT2D eigenvalue weighted by molar-refractivity contribution is -0.118. The molecule has 0 bridgehead atoms. The van der Waals surface area contributed by atoms with Crippen LogP contribution in [-0.2, 0) is 14.8 Å². The fraction of sp³-hybridized carbons (Fsp3) is 0.278. The summed E-state index contributed by atoms with van der Waals surface area (Å²) in [6.45, 7) is 1.72. The van der Waals surface area contributed by atoms with Gasteiger partial charge in [0.25, 0.3) is 5.91 Å². The van der Waals surface area contributed by atoms with Crippen molar-refractivity contribution in [3.63, 3.8) is 0 Å². The van der Waals surface area contributed by atoms with E-state index in [0.29, 0.717) is 16.7 Å². The minimum atomic E-state index is -3.76. The molecular formula is C18H20Cl2N2O5S. The molecule has 0 unspecified atom stereocenters. The topological polar surface area (TPSA) is 84.9 Å². The molecule has 0 aliphatic carbocycles. The molecule has 0 spiro atoms. The van der Waals surface area contributed by atoms with Crippen LogP contribution in [-0.4, -0.2) is 45.9 Å². The number of carbonyl (C=O) groups is 1. The number of anilines is 1. The van der Waals surface area contributed by atoms with Crippen molar-refractivity contribution < 1.29 is 22.7 Å². The Morgan fingerprint density at radius 1 is 1.07 bits per heavy atom. The molecule has 28 heavy (non-hydrogen) atoms. The third kappa shape index (κ3) is 5.51. The highest BCUT2D eigenvalue weighted by molar-refractivity contribution is 7.89. The summed E-state index contributed by atoms with van der Waals surface area (Å²) >= 11 is 11.9. The molecular weight excluding hydrogens is 427 g/mol. The van der Waals surface area contributed by atoms with E-state index in [2.05, 4.69) is 5.32 Å². The zero-order valence-corrected chi connectivity index (χ0v) is 17.9. The van der Waals surface area contributed by atoms with E-state index >= 15 is 0 Å². The Morgan fingerprint density at radius 2 is 1.79 bits per heavy atom. The number of hydrogen-bond donors (Lipinski definition) is 1. The summed E-state index contributed by atoms with van der Waals surface area (Å²) in [5.41, 5.74) is 0.287. The average molecular weight is 447 g/mol. The van der Waals surface area contributed by atoms with Gasteiger partial charge in [-0.1, -0.05) is 23.2 Å². The third-order valence-corrected chi connectivity index (χ3v) is 5.92. The highest BCUT2D eigenvalue weighted by atomic mass is 35.5. The molecule has 2 rings (SSSR count). The molecule has 1 N–H and O–H groups in total. The highest BCUT2D eigenvalue weighted by Crippen LogP contribution is 2.30. The van der Waals surface area contributed by atoms with Crippen molar-refractivity contribution in [2.45, 2.75) is 11.8 Å². The monoisotopic (exact) mass is 446 g/mol. The maximum Gasteiger partial charge on any atom is 0.262 e. The molecule has 152 valence electrons. The minimum absolute atomic E-state index is 0.0454. The van der Waals surface area contributed by atoms with Crippen LogP contribution in [0.4, 0.5) is 5.69 Å². The molecule has 7 nitrogen and oxygen atoms in total. The first kappa shape index (κ1) is 22.3. The van der Waals surface area contributed by atoms with Gasteiger partial charge in [-0.05, 0) is 37.3 Å². The summed E-state index contributed by atoms with van der Waals surface area (Å²) in [4.78, 5) is 12.1. The number of carbonyl (C=O) groups excluding carboxylic acids is 1. The van der Waals surface area contributed by atoms with Crippen molar-refractivity contribution >= 4 is 44.8 Å². The predicted molar refractivity (Wildman–Crippen MR) is 109 cm³/mol. The predicted octanol–water partition coefficient (Wildman–Crippen LogP) is 3.66. The summed E-state index contributed by atoms with van der Waals surface area (Å²) < 4.78 is 36.9. The summed E-state index contributed by atoms with van der Waals surface area (Å²) in [6.07, 6.45) is 0. The minimum Gasteiger partial charge on any atom is -0.492 e. The van der Waals surface area contributed by atoms with Gasteiger partial charge in [0.05, 0.1) is 11.6 Å². The fourth-order valence-electron chi connectivity index (χ4n) is 2.19. The fourth-order valence-corrected chi connectivity index (χ4v) is 3.57. The molecule has 0 atom stereocenters. The lowest BCUT2D eigenvalue weighted by Gasteiger charge is -2.16. The lowest BCUT2D eigenvalue weighted by Crippen LogP contribution is -2.24. The van der Waals surface area contributed by atoms with Gasteiger partial charge in [-0.3, -0.25) is 4.79 Å². The van der Waals surface area contributed by atoms with Crippen LogP contribution >= 0.6 is 23.2 Å². The summed E-state index contributed by atoms with van der Waals surface area (Å²) in [5.74, 6) is -0.0172. The molecule has 0 aliphatic rings. The Labute approximate surface area is 174 Å². The standard InChI is InChI=1S/C18H20Cl2N2O5S/c1-4-26-15-8-6-13(10-17(15)28(24,25)22(2)3)21-18(23)11-27-16-9-12(19)5-7-14(16)20/h5-10H,4,11H2,1-3H3,(H,21,23). The van der Waals surface area contributed by atoms with Crippen molar-refractivity contribution in [1.82, 2.24) is 4.31 Å². The molecule has 10 heteroatoms. The molecule has 0 radical (unpaired) electrons. The van der Waals surface area contributed by atoms with E-state index in [1.807, 2.05) is 0 Å². The number of sulfonamides is 1. The SMILES string of the molecule is CCOc1ccc(NC(=O)COc2cc(Cl)ccc2Cl)cc1S(=O)(=O)N(C)C. The Bertz CT molecular complexity index is 964. The second kappa shape index (κ2) is 9.47. The molecule has 0 aromatic heterocycles. The van der Waals surface area contributed by atoms with E-state index in [-0.39, 0.29) is 28.7 Å². The average Bonchev–Trinajstić information content (AvgIpc) is 2.63. The second-order valence-corrected chi connectivity index (χ2v) is 8.76. The number of halogens is 2. The number of ether oxygens (including phenoxy) is 2. The van der Waals surface area contributed by atoms with Gasteiger partial charge in [0.15, 0.2) is 6.61 Å². The first-order chi connectivity index (χ1) is 13.1. The van der Waals surface area contributed by atoms with E-state index < -0.39 is 15.9 Å². The largest absolute Gasteiger partial charge is 0.492 e. The number of hydrogen-bond acceptors (Lipinski definition) is 5. The molecule has 0 saturated carbocycles. The van der Waals surface area contributed by atoms with Crippen LogP contribution in [0.1, 0.15) is 6.92 Å². The van der Waals surface area contributed by atoms with Crippen LogP contribution in [0.3, 0.4) is 0 Å². The molecule has 0 fully saturated rings. The summed E-state index contributed by atoms with van der Waals surface area (Å²) in [6, 6.07) is 9.03. The van der Waals surface area contributed by atoms with Gasteiger partial charge < -0.3 is 14.8 Å². The maximum absolute atomic E-state index is 12.5. The first-order valence-corrected chi connectivity index (χ1v) is 10.4. The van der Waals surface area contributed by atoms with E-state index in [1.54, 1.807) is 25.1 Å². The molecule has 1 amide bonds. The van der Waals surface area contributed by atoms with Gasteiger partial charge >= 0.3 is 0 Å². The van der Waals surface area contributed by atoms with E-state index in [0.717, 1.165) is 4.31 Å². The normalized spacial score (nSPS) is 11.4. The van der Waals surface area contributed by atoms with Gasteiger partial charge in [0.2, 0.25) is 10.0 Å². The van der Waals surface area contributed by atoms with Crippen LogP contribution in [0.15, 0.2) is 41.3 Å². The summed E-state index contributed by atoms with van der Waals surface area (Å²) in [7, 11) is -0.929. The van der Waals surface area contributed by atoms with Gasteiger partial charge in [-0.15, -0.1) is 0 Å². The smallest absolute Gasteiger partial charge is 0.262 e. The Hall–Kier alpha value is -2.00. The zero-order chi connectivity index (χ0) is 20.9. The van der Waals surface area contributed by atoms with Gasteiger partial charge in [-0.25, -0.2) is 12.7 Å². The number of nitrogens with one attached hydrogen (secondary N) is 1. The number of amides is 1. The number of rotatable bonds is 8. The van der Waals surface area contributed by atoms with Gasteiger partial charge in [0.1, 0.15) is 16.4 Å². The zero-order valence-electron chi connectivity index (χ0n) is 15.5. The van der Waals surface area contributed by atoms with Crippen molar-refractivity contribution in [2.75, 3.05) is 32.6 Å². The van der Waals surface area contributed by atoms with Crippen LogP contribution in [0.5, 0.6) is 11.5 Å². The Morgan fingerprint density at radius 3 is 2.43 bits per heavy atom. The van der Waals surface area contributed by atoms with Crippen LogP contribution in [0.2, 0.25) is 10.0 Å². The van der Waals surface area contributed by atoms with Crippen LogP contribution < -0.4 is 14.8 Å². The maximum atomic E-state index is 12.5. The van der Waals surface area contributed by atoms with E-state index in [1.165, 1.54) is 32.3 Å². The molecule has 0 saturated heterocycles. The van der Waals surface area contributed by atoms with Crippen molar-refractivity contribution in [3.05, 3.63) is 46.4 Å². The molecule has 0 aliphatic heterocycles. The van der Waals surface area contributed by atoms with E-state index in [4.69, 9.17) is 32.7 Å². The number of benzene rings is 2. The highest BCUT2D eigenvalue weighted by Gasteiger charge is 2.23.